The maximum atomic E-state index is 4.50. The molecule has 0 unspecified atom stereocenters. The molecule has 2 heterocycles. The molecule has 0 atom stereocenters. The number of aromatic nitrogens is 2. The van der Waals surface area contributed by atoms with Crippen LogP contribution >= 0.6 is 0 Å². The molecule has 43 heavy (non-hydrogen) atoms. The van der Waals surface area contributed by atoms with E-state index in [0.717, 1.165) is 11.3 Å². The third-order valence-corrected chi connectivity index (χ3v) is 8.59. The molecular formula is C41H28N2. The van der Waals surface area contributed by atoms with Crippen molar-refractivity contribution in [1.82, 2.24) is 9.97 Å². The highest BCUT2D eigenvalue weighted by molar-refractivity contribution is 6.24. The molecule has 2 aromatic heterocycles. The van der Waals surface area contributed by atoms with Gasteiger partial charge in [0, 0.05) is 35.4 Å². The van der Waals surface area contributed by atoms with E-state index in [-0.39, 0.29) is 0 Å². The molecule has 0 aliphatic carbocycles. The van der Waals surface area contributed by atoms with Crippen molar-refractivity contribution in [2.24, 2.45) is 0 Å². The van der Waals surface area contributed by atoms with Gasteiger partial charge in [-0.25, -0.2) is 0 Å². The van der Waals surface area contributed by atoms with Gasteiger partial charge in [-0.1, -0.05) is 121 Å². The van der Waals surface area contributed by atoms with E-state index in [1.54, 1.807) is 0 Å². The molecule has 202 valence electrons. The number of nitrogens with zero attached hydrogens (tertiary/aromatic N) is 2. The summed E-state index contributed by atoms with van der Waals surface area (Å²) in [5, 5.41) is 7.48. The van der Waals surface area contributed by atoms with Crippen molar-refractivity contribution in [2.45, 2.75) is 6.92 Å². The SMILES string of the molecule is Cc1ncccc1-c1ccc(-c2c3ccccc3c(-c3ccc(-c4cccnc4)c4ccccc34)c3ccccc23)cc1. The lowest BCUT2D eigenvalue weighted by Crippen LogP contribution is -1.93. The molecule has 6 aromatic carbocycles. The summed E-state index contributed by atoms with van der Waals surface area (Å²) in [6.07, 6.45) is 5.62. The molecular weight excluding hydrogens is 520 g/mol. The number of rotatable bonds is 4. The molecule has 8 aromatic rings. The number of hydrogen-bond acceptors (Lipinski definition) is 2. The van der Waals surface area contributed by atoms with Gasteiger partial charge in [0.1, 0.15) is 0 Å². The zero-order chi connectivity index (χ0) is 28.8. The summed E-state index contributed by atoms with van der Waals surface area (Å²) in [6, 6.07) is 48.3. The third kappa shape index (κ3) is 4.19. The summed E-state index contributed by atoms with van der Waals surface area (Å²) < 4.78 is 0. The van der Waals surface area contributed by atoms with Gasteiger partial charge < -0.3 is 0 Å². The van der Waals surface area contributed by atoms with Crippen LogP contribution in [-0.4, -0.2) is 9.97 Å². The average molecular weight is 549 g/mol. The quantitative estimate of drug-likeness (QED) is 0.204. The van der Waals surface area contributed by atoms with E-state index in [4.69, 9.17) is 0 Å². The Balaban J connectivity index is 1.40. The average Bonchev–Trinajstić information content (AvgIpc) is 3.08. The van der Waals surface area contributed by atoms with Crippen molar-refractivity contribution in [3.05, 3.63) is 158 Å². The normalized spacial score (nSPS) is 11.4. The van der Waals surface area contributed by atoms with E-state index in [1.807, 2.05) is 30.7 Å². The highest BCUT2D eigenvalue weighted by Gasteiger charge is 2.19. The molecule has 0 aliphatic heterocycles. The molecule has 0 saturated heterocycles. The van der Waals surface area contributed by atoms with Gasteiger partial charge in [0.05, 0.1) is 0 Å². The number of pyridine rings is 2. The Labute approximate surface area is 251 Å². The van der Waals surface area contributed by atoms with Crippen LogP contribution in [0.15, 0.2) is 152 Å². The molecule has 0 spiro atoms. The van der Waals surface area contributed by atoms with Crippen LogP contribution in [0.25, 0.3) is 76.8 Å². The summed E-state index contributed by atoms with van der Waals surface area (Å²) in [6.45, 7) is 2.07. The van der Waals surface area contributed by atoms with Crippen molar-refractivity contribution < 1.29 is 0 Å². The Morgan fingerprint density at radius 1 is 0.372 bits per heavy atom. The summed E-state index contributed by atoms with van der Waals surface area (Å²) in [5.74, 6) is 0. The Kier molecular flexibility index (Phi) is 6.05. The van der Waals surface area contributed by atoms with Crippen molar-refractivity contribution in [2.75, 3.05) is 0 Å². The second kappa shape index (κ2) is 10.3. The van der Waals surface area contributed by atoms with Gasteiger partial charge in [-0.05, 0) is 84.8 Å². The van der Waals surface area contributed by atoms with Crippen molar-refractivity contribution in [1.29, 1.82) is 0 Å². The van der Waals surface area contributed by atoms with Crippen LogP contribution in [0.3, 0.4) is 0 Å². The fourth-order valence-corrected chi connectivity index (χ4v) is 6.63. The minimum absolute atomic E-state index is 1.04. The smallest absolute Gasteiger partial charge is 0.0450 e. The van der Waals surface area contributed by atoms with Crippen LogP contribution in [0.1, 0.15) is 5.69 Å². The lowest BCUT2D eigenvalue weighted by Gasteiger charge is -2.20. The first kappa shape index (κ1) is 25.1. The van der Waals surface area contributed by atoms with E-state index in [0.29, 0.717) is 0 Å². The van der Waals surface area contributed by atoms with E-state index in [1.165, 1.54) is 71.3 Å². The van der Waals surface area contributed by atoms with Gasteiger partial charge in [-0.15, -0.1) is 0 Å². The van der Waals surface area contributed by atoms with E-state index < -0.39 is 0 Å². The van der Waals surface area contributed by atoms with Gasteiger partial charge >= 0.3 is 0 Å². The van der Waals surface area contributed by atoms with Crippen LogP contribution in [0, 0.1) is 6.92 Å². The van der Waals surface area contributed by atoms with Crippen LogP contribution < -0.4 is 0 Å². The summed E-state index contributed by atoms with van der Waals surface area (Å²) in [7, 11) is 0. The Morgan fingerprint density at radius 3 is 1.51 bits per heavy atom. The minimum Gasteiger partial charge on any atom is -0.264 e. The van der Waals surface area contributed by atoms with E-state index in [9.17, 15) is 0 Å². The summed E-state index contributed by atoms with van der Waals surface area (Å²) >= 11 is 0. The minimum atomic E-state index is 1.04. The molecule has 2 heteroatoms. The molecule has 0 N–H and O–H groups in total. The van der Waals surface area contributed by atoms with E-state index in [2.05, 4.69) is 138 Å². The van der Waals surface area contributed by atoms with Gasteiger partial charge in [0.2, 0.25) is 0 Å². The van der Waals surface area contributed by atoms with Crippen LogP contribution in [0.2, 0.25) is 0 Å². The largest absolute Gasteiger partial charge is 0.264 e. The molecule has 0 aliphatic rings. The molecule has 0 amide bonds. The topological polar surface area (TPSA) is 25.8 Å². The number of hydrogen-bond donors (Lipinski definition) is 0. The zero-order valence-corrected chi connectivity index (χ0v) is 23.8. The molecule has 2 nitrogen and oxygen atoms in total. The van der Waals surface area contributed by atoms with Gasteiger partial charge in [-0.2, -0.15) is 0 Å². The molecule has 0 saturated carbocycles. The predicted molar refractivity (Wildman–Crippen MR) is 181 cm³/mol. The Morgan fingerprint density at radius 2 is 0.907 bits per heavy atom. The van der Waals surface area contributed by atoms with E-state index >= 15 is 0 Å². The second-order valence-corrected chi connectivity index (χ2v) is 11.0. The first-order valence-corrected chi connectivity index (χ1v) is 14.7. The zero-order valence-electron chi connectivity index (χ0n) is 23.8. The van der Waals surface area contributed by atoms with Crippen molar-refractivity contribution in [3.63, 3.8) is 0 Å². The first-order chi connectivity index (χ1) is 21.3. The van der Waals surface area contributed by atoms with Crippen LogP contribution in [-0.2, 0) is 0 Å². The molecule has 0 radical (unpaired) electrons. The van der Waals surface area contributed by atoms with Crippen LogP contribution in [0.5, 0.6) is 0 Å². The molecule has 8 rings (SSSR count). The van der Waals surface area contributed by atoms with Crippen LogP contribution in [0.4, 0.5) is 0 Å². The predicted octanol–water partition coefficient (Wildman–Crippen LogP) is 10.9. The van der Waals surface area contributed by atoms with Gasteiger partial charge in [0.25, 0.3) is 0 Å². The molecule has 0 bridgehead atoms. The third-order valence-electron chi connectivity index (χ3n) is 8.59. The number of benzene rings is 6. The standard InChI is InChI=1S/C41H28N2/c1-27-31(17-9-25-43-27)28-18-20-29(21-19-28)40-35-13-4-6-15-37(35)41(38-16-7-5-14-36(38)40)39-23-22-32(30-10-8-24-42-26-30)33-11-2-3-12-34(33)39/h2-26H,1H3. The maximum Gasteiger partial charge on any atom is 0.0450 e. The highest BCUT2D eigenvalue weighted by Crippen LogP contribution is 2.46. The van der Waals surface area contributed by atoms with Gasteiger partial charge in [0.15, 0.2) is 0 Å². The Hall–Kier alpha value is -5.60. The fraction of sp³-hybridized carbons (Fsp3) is 0.0244. The van der Waals surface area contributed by atoms with Gasteiger partial charge in [-0.3, -0.25) is 9.97 Å². The van der Waals surface area contributed by atoms with Crippen molar-refractivity contribution in [3.8, 4) is 44.5 Å². The highest BCUT2D eigenvalue weighted by atomic mass is 14.7. The Bertz CT molecular complexity index is 2230. The second-order valence-electron chi connectivity index (χ2n) is 11.0. The fourth-order valence-electron chi connectivity index (χ4n) is 6.63. The number of fused-ring (bicyclic) bond motifs is 3. The molecule has 0 fully saturated rings. The lowest BCUT2D eigenvalue weighted by molar-refractivity contribution is 1.20. The summed E-state index contributed by atoms with van der Waals surface area (Å²) in [4.78, 5) is 8.89. The maximum absolute atomic E-state index is 4.50. The number of aryl methyl sites for hydroxylation is 1. The lowest BCUT2D eigenvalue weighted by atomic mass is 9.83. The monoisotopic (exact) mass is 548 g/mol. The van der Waals surface area contributed by atoms with Crippen molar-refractivity contribution >= 4 is 32.3 Å². The summed E-state index contributed by atoms with van der Waals surface area (Å²) in [5.41, 5.74) is 10.7. The first-order valence-electron chi connectivity index (χ1n) is 14.7.